The van der Waals surface area contributed by atoms with Crippen LogP contribution >= 0.6 is 0 Å². The van der Waals surface area contributed by atoms with Gasteiger partial charge in [-0.05, 0) is 40.7 Å². The third-order valence-corrected chi connectivity index (χ3v) is 3.78. The van der Waals surface area contributed by atoms with Crippen LogP contribution in [0.15, 0.2) is 30.5 Å². The van der Waals surface area contributed by atoms with Gasteiger partial charge >= 0.3 is 0 Å². The predicted molar refractivity (Wildman–Crippen MR) is 99.3 cm³/mol. The summed E-state index contributed by atoms with van der Waals surface area (Å²) in [7, 11) is 1.62. The van der Waals surface area contributed by atoms with E-state index in [4.69, 9.17) is 9.47 Å². The summed E-state index contributed by atoms with van der Waals surface area (Å²) in [6, 6.07) is 7.64. The van der Waals surface area contributed by atoms with Crippen molar-refractivity contribution in [1.82, 2.24) is 20.3 Å². The van der Waals surface area contributed by atoms with Crippen LogP contribution in [0, 0.1) is 0 Å². The Morgan fingerprint density at radius 3 is 2.54 bits per heavy atom. The molecule has 0 radical (unpaired) electrons. The van der Waals surface area contributed by atoms with Crippen molar-refractivity contribution in [2.45, 2.75) is 52.4 Å². The van der Waals surface area contributed by atoms with Gasteiger partial charge in [0.2, 0.25) is 0 Å². The SMILES string of the molecule is COc1ccccc1C(CNC(=O)c1cn(C(C)(C)C)nn1)OC(C)C. The minimum absolute atomic E-state index is 0.00331. The predicted octanol–water partition coefficient (Wildman–Crippen LogP) is 2.94. The first-order valence-electron chi connectivity index (χ1n) is 8.71. The third kappa shape index (κ3) is 5.05. The molecule has 1 amide bonds. The molecular weight excluding hydrogens is 332 g/mol. The van der Waals surface area contributed by atoms with E-state index in [0.717, 1.165) is 11.3 Å². The van der Waals surface area contributed by atoms with Crippen LogP contribution in [-0.4, -0.2) is 40.7 Å². The Kier molecular flexibility index (Phi) is 6.37. The first-order chi connectivity index (χ1) is 12.2. The largest absolute Gasteiger partial charge is 0.496 e. The van der Waals surface area contributed by atoms with Crippen molar-refractivity contribution in [2.75, 3.05) is 13.7 Å². The molecule has 1 atom stereocenters. The smallest absolute Gasteiger partial charge is 0.273 e. The number of hydrogen-bond donors (Lipinski definition) is 1. The van der Waals surface area contributed by atoms with E-state index in [2.05, 4.69) is 15.6 Å². The fourth-order valence-corrected chi connectivity index (χ4v) is 2.46. The summed E-state index contributed by atoms with van der Waals surface area (Å²) < 4.78 is 13.1. The summed E-state index contributed by atoms with van der Waals surface area (Å²) in [6.45, 7) is 10.2. The third-order valence-electron chi connectivity index (χ3n) is 3.78. The zero-order chi connectivity index (χ0) is 19.3. The fraction of sp³-hybridized carbons (Fsp3) is 0.526. The lowest BCUT2D eigenvalue weighted by Gasteiger charge is -2.23. The molecule has 0 fully saturated rings. The summed E-state index contributed by atoms with van der Waals surface area (Å²) in [5.41, 5.74) is 0.942. The number of amides is 1. The minimum Gasteiger partial charge on any atom is -0.496 e. The Morgan fingerprint density at radius 2 is 1.96 bits per heavy atom. The number of carbonyl (C=O) groups is 1. The average Bonchev–Trinajstić information content (AvgIpc) is 3.08. The molecule has 0 aliphatic carbocycles. The van der Waals surface area contributed by atoms with E-state index in [-0.39, 0.29) is 29.3 Å². The quantitative estimate of drug-likeness (QED) is 0.821. The van der Waals surface area contributed by atoms with Crippen LogP contribution in [0.25, 0.3) is 0 Å². The van der Waals surface area contributed by atoms with Gasteiger partial charge in [0.1, 0.15) is 11.9 Å². The number of benzene rings is 1. The van der Waals surface area contributed by atoms with Crippen LogP contribution in [0.3, 0.4) is 0 Å². The highest BCUT2D eigenvalue weighted by atomic mass is 16.5. The Balaban J connectivity index is 2.12. The number of aromatic nitrogens is 3. The topological polar surface area (TPSA) is 78.3 Å². The highest BCUT2D eigenvalue weighted by molar-refractivity contribution is 5.91. The molecule has 0 bridgehead atoms. The summed E-state index contributed by atoms with van der Waals surface area (Å²) >= 11 is 0. The molecule has 0 spiro atoms. The fourth-order valence-electron chi connectivity index (χ4n) is 2.46. The summed E-state index contributed by atoms with van der Waals surface area (Å²) in [4.78, 5) is 12.4. The van der Waals surface area contributed by atoms with Crippen molar-refractivity contribution in [2.24, 2.45) is 0 Å². The molecule has 1 N–H and O–H groups in total. The van der Waals surface area contributed by atoms with Crippen molar-refractivity contribution in [3.05, 3.63) is 41.7 Å². The molecule has 1 heterocycles. The lowest BCUT2D eigenvalue weighted by Crippen LogP contribution is -2.31. The average molecular weight is 360 g/mol. The molecule has 0 aliphatic rings. The molecule has 7 nitrogen and oxygen atoms in total. The van der Waals surface area contributed by atoms with Crippen LogP contribution in [0.5, 0.6) is 5.75 Å². The molecular formula is C19H28N4O3. The number of nitrogens with one attached hydrogen (secondary N) is 1. The molecule has 1 unspecified atom stereocenters. The van der Waals surface area contributed by atoms with Gasteiger partial charge in [0.25, 0.3) is 5.91 Å². The molecule has 1 aromatic carbocycles. The van der Waals surface area contributed by atoms with Gasteiger partial charge < -0.3 is 14.8 Å². The Hall–Kier alpha value is -2.41. The van der Waals surface area contributed by atoms with Crippen molar-refractivity contribution in [3.8, 4) is 5.75 Å². The van der Waals surface area contributed by atoms with E-state index in [1.807, 2.05) is 58.9 Å². The van der Waals surface area contributed by atoms with E-state index in [1.165, 1.54) is 0 Å². The first-order valence-corrected chi connectivity index (χ1v) is 8.71. The zero-order valence-electron chi connectivity index (χ0n) is 16.3. The van der Waals surface area contributed by atoms with Crippen molar-refractivity contribution in [3.63, 3.8) is 0 Å². The zero-order valence-corrected chi connectivity index (χ0v) is 16.3. The van der Waals surface area contributed by atoms with Gasteiger partial charge in [0, 0.05) is 12.1 Å². The molecule has 2 aromatic rings. The molecule has 2 rings (SSSR count). The van der Waals surface area contributed by atoms with Gasteiger partial charge in [-0.25, -0.2) is 4.68 Å². The highest BCUT2D eigenvalue weighted by Gasteiger charge is 2.22. The molecule has 142 valence electrons. The van der Waals surface area contributed by atoms with Gasteiger partial charge in [-0.15, -0.1) is 5.10 Å². The minimum atomic E-state index is -0.326. The Morgan fingerprint density at radius 1 is 1.27 bits per heavy atom. The summed E-state index contributed by atoms with van der Waals surface area (Å²) in [5.74, 6) is 0.443. The maximum Gasteiger partial charge on any atom is 0.273 e. The van der Waals surface area contributed by atoms with Gasteiger partial charge in [0.15, 0.2) is 5.69 Å². The van der Waals surface area contributed by atoms with E-state index in [1.54, 1.807) is 18.0 Å². The number of para-hydroxylation sites is 1. The summed E-state index contributed by atoms with van der Waals surface area (Å²) in [5, 5.41) is 10.9. The van der Waals surface area contributed by atoms with Crippen LogP contribution in [0.4, 0.5) is 0 Å². The maximum atomic E-state index is 12.4. The van der Waals surface area contributed by atoms with Gasteiger partial charge in [-0.1, -0.05) is 23.4 Å². The molecule has 0 aliphatic heterocycles. The second-order valence-corrected chi connectivity index (χ2v) is 7.34. The molecule has 0 saturated carbocycles. The standard InChI is InChI=1S/C19H28N4O3/c1-13(2)26-17(14-9-7-8-10-16(14)25-6)11-20-18(24)15-12-23(22-21-15)19(3,4)5/h7-10,12-13,17H,11H2,1-6H3,(H,20,24). The Labute approximate surface area is 154 Å². The van der Waals surface area contributed by atoms with E-state index in [9.17, 15) is 4.79 Å². The lowest BCUT2D eigenvalue weighted by molar-refractivity contribution is 0.00608. The molecule has 1 aromatic heterocycles. The van der Waals surface area contributed by atoms with Crippen molar-refractivity contribution in [1.29, 1.82) is 0 Å². The molecule has 26 heavy (non-hydrogen) atoms. The van der Waals surface area contributed by atoms with Gasteiger partial charge in [0.05, 0.1) is 24.9 Å². The van der Waals surface area contributed by atoms with E-state index in [0.29, 0.717) is 6.54 Å². The first kappa shape index (κ1) is 19.9. The van der Waals surface area contributed by atoms with E-state index >= 15 is 0 Å². The highest BCUT2D eigenvalue weighted by Crippen LogP contribution is 2.28. The van der Waals surface area contributed by atoms with Crippen molar-refractivity contribution < 1.29 is 14.3 Å². The number of rotatable bonds is 7. The van der Waals surface area contributed by atoms with Crippen LogP contribution in [0.1, 0.15) is 56.8 Å². The number of ether oxygens (including phenoxy) is 2. The van der Waals surface area contributed by atoms with Crippen LogP contribution in [-0.2, 0) is 10.3 Å². The normalized spacial score (nSPS) is 12.9. The van der Waals surface area contributed by atoms with E-state index < -0.39 is 0 Å². The van der Waals surface area contributed by atoms with Gasteiger partial charge in [-0.3, -0.25) is 4.79 Å². The number of carbonyl (C=O) groups excluding carboxylic acids is 1. The van der Waals surface area contributed by atoms with Gasteiger partial charge in [-0.2, -0.15) is 0 Å². The number of nitrogens with zero attached hydrogens (tertiary/aromatic N) is 3. The summed E-state index contributed by atoms with van der Waals surface area (Å²) in [6.07, 6.45) is 1.33. The second kappa shape index (κ2) is 8.31. The second-order valence-electron chi connectivity index (χ2n) is 7.34. The number of hydrogen-bond acceptors (Lipinski definition) is 5. The van der Waals surface area contributed by atoms with Crippen LogP contribution in [0.2, 0.25) is 0 Å². The van der Waals surface area contributed by atoms with Crippen molar-refractivity contribution >= 4 is 5.91 Å². The monoisotopic (exact) mass is 360 g/mol. The number of methoxy groups -OCH3 is 1. The lowest BCUT2D eigenvalue weighted by atomic mass is 10.1. The van der Waals surface area contributed by atoms with Crippen LogP contribution < -0.4 is 10.1 Å². The molecule has 0 saturated heterocycles. The molecule has 7 heteroatoms. The Bertz CT molecular complexity index is 734. The maximum absolute atomic E-state index is 12.4.